The van der Waals surface area contributed by atoms with Crippen LogP contribution in [0.1, 0.15) is 17.5 Å². The molecule has 22 heavy (non-hydrogen) atoms. The summed E-state index contributed by atoms with van der Waals surface area (Å²) in [4.78, 5) is 33.8. The van der Waals surface area contributed by atoms with Gasteiger partial charge in [0.1, 0.15) is 6.04 Å². The number of benzene rings is 1. The minimum atomic E-state index is -0.836. The molecule has 0 aliphatic rings. The molecule has 2 rings (SSSR count). The van der Waals surface area contributed by atoms with Crippen LogP contribution in [0, 0.1) is 10.1 Å². The molecule has 8 nitrogen and oxygen atoms in total. The lowest BCUT2D eigenvalue weighted by Crippen LogP contribution is -2.41. The quantitative estimate of drug-likeness (QED) is 0.647. The number of nitro benzene ring substituents is 1. The molecule has 0 aliphatic heterocycles. The van der Waals surface area contributed by atoms with Gasteiger partial charge in [-0.2, -0.15) is 0 Å². The molecule has 0 spiro atoms. The van der Waals surface area contributed by atoms with Crippen molar-refractivity contribution in [2.75, 3.05) is 5.32 Å². The van der Waals surface area contributed by atoms with Crippen molar-refractivity contribution in [3.05, 3.63) is 58.5 Å². The predicted octanol–water partition coefficient (Wildman–Crippen LogP) is 1.94. The average Bonchev–Trinajstić information content (AvgIpc) is 3.01. The maximum atomic E-state index is 12.0. The number of rotatable bonds is 5. The molecule has 0 radical (unpaired) electrons. The molecule has 8 heteroatoms. The van der Waals surface area contributed by atoms with E-state index >= 15 is 0 Å². The van der Waals surface area contributed by atoms with E-state index in [1.54, 1.807) is 6.07 Å². The molecule has 1 atom stereocenters. The summed E-state index contributed by atoms with van der Waals surface area (Å²) in [6, 6.07) is 7.73. The number of nitrogens with zero attached hydrogens (tertiary/aromatic N) is 1. The van der Waals surface area contributed by atoms with Crippen molar-refractivity contribution in [2.45, 2.75) is 13.0 Å². The lowest BCUT2D eigenvalue weighted by atomic mass is 10.2. The van der Waals surface area contributed by atoms with Crippen LogP contribution in [-0.4, -0.2) is 22.8 Å². The number of hydrogen-bond donors (Lipinski definition) is 2. The van der Waals surface area contributed by atoms with Crippen molar-refractivity contribution < 1.29 is 18.9 Å². The highest BCUT2D eigenvalue weighted by Crippen LogP contribution is 2.17. The van der Waals surface area contributed by atoms with E-state index in [4.69, 9.17) is 4.42 Å². The molecule has 0 saturated heterocycles. The Morgan fingerprint density at radius 1 is 1.27 bits per heavy atom. The van der Waals surface area contributed by atoms with Gasteiger partial charge in [0.05, 0.1) is 11.2 Å². The Morgan fingerprint density at radius 2 is 2.05 bits per heavy atom. The second kappa shape index (κ2) is 6.53. The van der Waals surface area contributed by atoms with Gasteiger partial charge in [-0.05, 0) is 25.1 Å². The molecular formula is C14H13N3O5. The van der Waals surface area contributed by atoms with Crippen LogP contribution in [0.2, 0.25) is 0 Å². The number of amides is 2. The molecular weight excluding hydrogens is 290 g/mol. The number of nitrogens with one attached hydrogen (secondary N) is 2. The minimum absolute atomic E-state index is 0.0926. The highest BCUT2D eigenvalue weighted by Gasteiger charge is 2.18. The zero-order chi connectivity index (χ0) is 16.1. The van der Waals surface area contributed by atoms with Gasteiger partial charge in [-0.15, -0.1) is 0 Å². The molecule has 0 fully saturated rings. The molecule has 1 aromatic heterocycles. The number of nitro groups is 1. The largest absolute Gasteiger partial charge is 0.459 e. The van der Waals surface area contributed by atoms with Crippen LogP contribution in [0.4, 0.5) is 11.4 Å². The molecule has 0 saturated carbocycles. The number of non-ortho nitro benzene ring substituents is 1. The molecule has 1 heterocycles. The number of carbonyl (C=O) groups is 2. The first kappa shape index (κ1) is 15.2. The Balaban J connectivity index is 1.98. The highest BCUT2D eigenvalue weighted by molar-refractivity contribution is 5.99. The van der Waals surface area contributed by atoms with Gasteiger partial charge in [0.15, 0.2) is 5.76 Å². The Labute approximate surface area is 125 Å². The summed E-state index contributed by atoms with van der Waals surface area (Å²) in [7, 11) is 0. The Hall–Kier alpha value is -3.16. The Bertz CT molecular complexity index is 696. The number of anilines is 1. The predicted molar refractivity (Wildman–Crippen MR) is 77.4 cm³/mol. The highest BCUT2D eigenvalue weighted by atomic mass is 16.6. The third-order valence-electron chi connectivity index (χ3n) is 2.81. The van der Waals surface area contributed by atoms with Gasteiger partial charge in [0.25, 0.3) is 11.6 Å². The fraction of sp³-hybridized carbons (Fsp3) is 0.143. The van der Waals surface area contributed by atoms with Crippen LogP contribution >= 0.6 is 0 Å². The maximum Gasteiger partial charge on any atom is 0.287 e. The summed E-state index contributed by atoms with van der Waals surface area (Å²) < 4.78 is 4.92. The zero-order valence-corrected chi connectivity index (χ0v) is 11.6. The summed E-state index contributed by atoms with van der Waals surface area (Å²) in [6.45, 7) is 1.49. The fourth-order valence-corrected chi connectivity index (χ4v) is 1.69. The molecule has 2 aromatic rings. The lowest BCUT2D eigenvalue weighted by Gasteiger charge is -2.13. The molecule has 1 aromatic carbocycles. The van der Waals surface area contributed by atoms with E-state index in [1.165, 1.54) is 43.5 Å². The summed E-state index contributed by atoms with van der Waals surface area (Å²) in [6.07, 6.45) is 1.35. The van der Waals surface area contributed by atoms with Crippen molar-refractivity contribution >= 4 is 23.2 Å². The van der Waals surface area contributed by atoms with Crippen LogP contribution in [-0.2, 0) is 4.79 Å². The van der Waals surface area contributed by atoms with E-state index in [-0.39, 0.29) is 17.1 Å². The van der Waals surface area contributed by atoms with Crippen molar-refractivity contribution in [1.29, 1.82) is 0 Å². The second-order valence-electron chi connectivity index (χ2n) is 4.47. The van der Waals surface area contributed by atoms with Crippen molar-refractivity contribution in [3.8, 4) is 0 Å². The van der Waals surface area contributed by atoms with Crippen molar-refractivity contribution in [1.82, 2.24) is 5.32 Å². The first-order valence-electron chi connectivity index (χ1n) is 6.37. The van der Waals surface area contributed by atoms with E-state index in [2.05, 4.69) is 10.6 Å². The second-order valence-corrected chi connectivity index (χ2v) is 4.47. The first-order valence-corrected chi connectivity index (χ1v) is 6.37. The van der Waals surface area contributed by atoms with E-state index in [1.807, 2.05) is 0 Å². The van der Waals surface area contributed by atoms with Crippen molar-refractivity contribution in [2.24, 2.45) is 0 Å². The molecule has 0 bridgehead atoms. The SMILES string of the molecule is C[C@H](NC(=O)c1ccco1)C(=O)Nc1cccc([N+](=O)[O-])c1. The summed E-state index contributed by atoms with van der Waals surface area (Å²) >= 11 is 0. The maximum absolute atomic E-state index is 12.0. The Kier molecular flexibility index (Phi) is 4.52. The Morgan fingerprint density at radius 3 is 2.68 bits per heavy atom. The summed E-state index contributed by atoms with van der Waals surface area (Å²) in [5.74, 6) is -0.929. The van der Waals surface area contributed by atoms with Gasteiger partial charge in [-0.3, -0.25) is 19.7 Å². The molecule has 114 valence electrons. The van der Waals surface area contributed by atoms with Crippen LogP contribution in [0.15, 0.2) is 47.1 Å². The lowest BCUT2D eigenvalue weighted by molar-refractivity contribution is -0.384. The van der Waals surface area contributed by atoms with Gasteiger partial charge < -0.3 is 15.1 Å². The molecule has 2 amide bonds. The summed E-state index contributed by atoms with van der Waals surface area (Å²) in [5.41, 5.74) is 0.142. The van der Waals surface area contributed by atoms with E-state index in [0.717, 1.165) is 0 Å². The normalized spacial score (nSPS) is 11.5. The molecule has 0 unspecified atom stereocenters. The average molecular weight is 303 g/mol. The van der Waals surface area contributed by atoms with Gasteiger partial charge in [-0.25, -0.2) is 0 Å². The van der Waals surface area contributed by atoms with Gasteiger partial charge in [0.2, 0.25) is 5.91 Å². The number of hydrogen-bond acceptors (Lipinski definition) is 5. The van der Waals surface area contributed by atoms with Crippen LogP contribution < -0.4 is 10.6 Å². The fourth-order valence-electron chi connectivity index (χ4n) is 1.69. The first-order chi connectivity index (χ1) is 10.5. The molecule has 0 aliphatic carbocycles. The standard InChI is InChI=1S/C14H13N3O5/c1-9(15-14(19)12-6-3-7-22-12)13(18)16-10-4-2-5-11(8-10)17(20)21/h2-9H,1H3,(H,15,19)(H,16,18)/t9-/m0/s1. The van der Waals surface area contributed by atoms with E-state index in [9.17, 15) is 19.7 Å². The van der Waals surface area contributed by atoms with E-state index in [0.29, 0.717) is 0 Å². The minimum Gasteiger partial charge on any atom is -0.459 e. The van der Waals surface area contributed by atoms with E-state index < -0.39 is 22.8 Å². The number of furan rings is 1. The molecule has 2 N–H and O–H groups in total. The van der Waals surface area contributed by atoms with Crippen LogP contribution in [0.5, 0.6) is 0 Å². The van der Waals surface area contributed by atoms with Crippen molar-refractivity contribution in [3.63, 3.8) is 0 Å². The van der Waals surface area contributed by atoms with Gasteiger partial charge in [-0.1, -0.05) is 6.07 Å². The monoisotopic (exact) mass is 303 g/mol. The van der Waals surface area contributed by atoms with Gasteiger partial charge >= 0.3 is 0 Å². The van der Waals surface area contributed by atoms with Crippen LogP contribution in [0.3, 0.4) is 0 Å². The summed E-state index contributed by atoms with van der Waals surface area (Å²) in [5, 5.41) is 15.6. The zero-order valence-electron chi connectivity index (χ0n) is 11.6. The number of carbonyl (C=O) groups excluding carboxylic acids is 2. The van der Waals surface area contributed by atoms with Crippen LogP contribution in [0.25, 0.3) is 0 Å². The third-order valence-corrected chi connectivity index (χ3v) is 2.81. The van der Waals surface area contributed by atoms with Gasteiger partial charge in [0, 0.05) is 17.8 Å². The topological polar surface area (TPSA) is 114 Å². The smallest absolute Gasteiger partial charge is 0.287 e. The third kappa shape index (κ3) is 3.69.